The van der Waals surface area contributed by atoms with Crippen molar-refractivity contribution in [1.29, 1.82) is 0 Å². The Hall–Kier alpha value is -2.25. The molecule has 1 atom stereocenters. The number of nitrogens with zero attached hydrogens (tertiary/aromatic N) is 3. The minimum atomic E-state index is 0.00352. The second-order valence-electron chi connectivity index (χ2n) is 5.93. The van der Waals surface area contributed by atoms with Gasteiger partial charge in [-0.3, -0.25) is 4.79 Å². The maximum absolute atomic E-state index is 13.0. The summed E-state index contributed by atoms with van der Waals surface area (Å²) >= 11 is 1.66. The molecule has 24 heavy (non-hydrogen) atoms. The van der Waals surface area contributed by atoms with Gasteiger partial charge in [-0.05, 0) is 42.5 Å². The average Bonchev–Trinajstić information content (AvgIpc) is 3.35. The number of ether oxygens (including phenoxy) is 1. The first-order valence-corrected chi connectivity index (χ1v) is 8.91. The minimum Gasteiger partial charge on any atom is -0.376 e. The number of hydrogen-bond donors (Lipinski definition) is 1. The molecular formula is C17H18N4O2S. The lowest BCUT2D eigenvalue weighted by Crippen LogP contribution is -2.36. The van der Waals surface area contributed by atoms with E-state index in [4.69, 9.17) is 4.74 Å². The highest BCUT2D eigenvalue weighted by atomic mass is 32.1. The highest BCUT2D eigenvalue weighted by Crippen LogP contribution is 2.20. The van der Waals surface area contributed by atoms with Crippen LogP contribution >= 0.6 is 11.3 Å². The number of nitrogens with one attached hydrogen (secondary N) is 1. The van der Waals surface area contributed by atoms with Gasteiger partial charge >= 0.3 is 0 Å². The Morgan fingerprint density at radius 3 is 3.04 bits per heavy atom. The van der Waals surface area contributed by atoms with Crippen LogP contribution < -0.4 is 0 Å². The lowest BCUT2D eigenvalue weighted by molar-refractivity contribution is 0.0510. The molecular weight excluding hydrogens is 324 g/mol. The van der Waals surface area contributed by atoms with Crippen LogP contribution in [0, 0.1) is 0 Å². The number of carbonyl (C=O) groups excluding carboxylic acids is 1. The first kappa shape index (κ1) is 15.3. The fourth-order valence-electron chi connectivity index (χ4n) is 3.00. The zero-order chi connectivity index (χ0) is 16.4. The van der Waals surface area contributed by atoms with E-state index < -0.39 is 0 Å². The van der Waals surface area contributed by atoms with Gasteiger partial charge in [0.05, 0.1) is 12.6 Å². The van der Waals surface area contributed by atoms with Crippen LogP contribution in [0.2, 0.25) is 0 Å². The van der Waals surface area contributed by atoms with Crippen LogP contribution in [-0.2, 0) is 11.3 Å². The number of fused-ring (bicyclic) bond motifs is 1. The van der Waals surface area contributed by atoms with Crippen LogP contribution in [0.4, 0.5) is 0 Å². The molecule has 3 aromatic rings. The third-order valence-corrected chi connectivity index (χ3v) is 5.09. The number of rotatable bonds is 5. The van der Waals surface area contributed by atoms with Crippen molar-refractivity contribution in [2.45, 2.75) is 25.5 Å². The van der Waals surface area contributed by atoms with Gasteiger partial charge in [0.1, 0.15) is 11.0 Å². The monoisotopic (exact) mass is 342 g/mol. The molecule has 0 aliphatic carbocycles. The van der Waals surface area contributed by atoms with Gasteiger partial charge in [-0.2, -0.15) is 15.4 Å². The molecule has 1 N–H and O–H groups in total. The summed E-state index contributed by atoms with van der Waals surface area (Å²) in [4.78, 5) is 16.1. The van der Waals surface area contributed by atoms with Gasteiger partial charge < -0.3 is 9.64 Å². The van der Waals surface area contributed by atoms with Gasteiger partial charge in [0.15, 0.2) is 0 Å². The summed E-state index contributed by atoms with van der Waals surface area (Å²) in [6.07, 6.45) is 2.21. The Labute approximate surface area is 143 Å². The Morgan fingerprint density at radius 1 is 1.33 bits per heavy atom. The maximum Gasteiger partial charge on any atom is 0.254 e. The SMILES string of the molecule is O=C(c1ccc2n[nH]nc2c1)N(Cc1cccs1)C[C@@H]1CCCO1. The summed E-state index contributed by atoms with van der Waals surface area (Å²) in [6.45, 7) is 2.01. The smallest absolute Gasteiger partial charge is 0.254 e. The summed E-state index contributed by atoms with van der Waals surface area (Å²) in [5.74, 6) is 0.00352. The lowest BCUT2D eigenvalue weighted by atomic mass is 10.1. The number of benzene rings is 1. The van der Waals surface area contributed by atoms with Crippen molar-refractivity contribution in [2.24, 2.45) is 0 Å². The molecule has 0 unspecified atom stereocenters. The molecule has 0 spiro atoms. The molecule has 1 aromatic carbocycles. The zero-order valence-corrected chi connectivity index (χ0v) is 14.0. The second-order valence-corrected chi connectivity index (χ2v) is 6.96. The van der Waals surface area contributed by atoms with Gasteiger partial charge in [0.2, 0.25) is 0 Å². The highest BCUT2D eigenvalue weighted by molar-refractivity contribution is 7.09. The van der Waals surface area contributed by atoms with Gasteiger partial charge in [-0.15, -0.1) is 11.3 Å². The molecule has 7 heteroatoms. The van der Waals surface area contributed by atoms with E-state index >= 15 is 0 Å². The van der Waals surface area contributed by atoms with Crippen molar-refractivity contribution in [3.8, 4) is 0 Å². The van der Waals surface area contributed by atoms with Crippen molar-refractivity contribution in [3.63, 3.8) is 0 Å². The molecule has 2 aromatic heterocycles. The molecule has 1 aliphatic rings. The predicted octanol–water partition coefficient (Wildman–Crippen LogP) is 2.84. The molecule has 1 saturated heterocycles. The minimum absolute atomic E-state index is 0.00352. The zero-order valence-electron chi connectivity index (χ0n) is 13.1. The van der Waals surface area contributed by atoms with E-state index in [0.717, 1.165) is 25.0 Å². The van der Waals surface area contributed by atoms with Crippen LogP contribution in [0.5, 0.6) is 0 Å². The number of H-pyrrole nitrogens is 1. The van der Waals surface area contributed by atoms with Crippen LogP contribution in [0.25, 0.3) is 11.0 Å². The van der Waals surface area contributed by atoms with E-state index in [9.17, 15) is 4.79 Å². The van der Waals surface area contributed by atoms with Crippen molar-refractivity contribution in [2.75, 3.05) is 13.2 Å². The van der Waals surface area contributed by atoms with Gasteiger partial charge in [-0.1, -0.05) is 6.07 Å². The van der Waals surface area contributed by atoms with Crippen LogP contribution in [-0.4, -0.2) is 45.5 Å². The molecule has 1 amide bonds. The Kier molecular flexibility index (Phi) is 4.27. The quantitative estimate of drug-likeness (QED) is 0.774. The maximum atomic E-state index is 13.0. The summed E-state index contributed by atoms with van der Waals surface area (Å²) in [6, 6.07) is 9.49. The van der Waals surface area contributed by atoms with E-state index in [1.165, 1.54) is 4.88 Å². The first-order chi connectivity index (χ1) is 11.8. The van der Waals surface area contributed by atoms with E-state index in [1.807, 2.05) is 28.5 Å². The Morgan fingerprint density at radius 2 is 2.25 bits per heavy atom. The van der Waals surface area contributed by atoms with Crippen LogP contribution in [0.1, 0.15) is 28.1 Å². The van der Waals surface area contributed by atoms with Gasteiger partial charge in [0, 0.05) is 23.6 Å². The van der Waals surface area contributed by atoms with Gasteiger partial charge in [0.25, 0.3) is 5.91 Å². The van der Waals surface area contributed by atoms with E-state index in [-0.39, 0.29) is 12.0 Å². The van der Waals surface area contributed by atoms with Crippen molar-refractivity contribution >= 4 is 28.3 Å². The molecule has 0 bridgehead atoms. The number of thiophene rings is 1. The Bertz CT molecular complexity index is 824. The third kappa shape index (κ3) is 3.18. The number of aromatic nitrogens is 3. The Balaban J connectivity index is 1.58. The molecule has 0 saturated carbocycles. The number of hydrogen-bond acceptors (Lipinski definition) is 5. The summed E-state index contributed by atoms with van der Waals surface area (Å²) < 4.78 is 5.73. The third-order valence-electron chi connectivity index (χ3n) is 4.23. The lowest BCUT2D eigenvalue weighted by Gasteiger charge is -2.25. The summed E-state index contributed by atoms with van der Waals surface area (Å²) in [7, 11) is 0. The second kappa shape index (κ2) is 6.70. The number of carbonyl (C=O) groups is 1. The summed E-state index contributed by atoms with van der Waals surface area (Å²) in [5, 5.41) is 12.7. The van der Waals surface area contributed by atoms with Crippen molar-refractivity contribution in [3.05, 3.63) is 46.2 Å². The standard InChI is InChI=1S/C17H18N4O2S/c22-17(12-5-6-15-16(9-12)19-20-18-15)21(10-13-3-1-7-23-13)11-14-4-2-8-24-14/h2,4-6,8-9,13H,1,3,7,10-11H2,(H,18,19,20)/t13-/m0/s1. The average molecular weight is 342 g/mol. The van der Waals surface area contributed by atoms with Crippen molar-refractivity contribution < 1.29 is 9.53 Å². The van der Waals surface area contributed by atoms with E-state index in [0.29, 0.717) is 24.2 Å². The van der Waals surface area contributed by atoms with Gasteiger partial charge in [-0.25, -0.2) is 0 Å². The molecule has 0 radical (unpaired) electrons. The molecule has 1 aliphatic heterocycles. The fourth-order valence-corrected chi connectivity index (χ4v) is 3.72. The van der Waals surface area contributed by atoms with Crippen LogP contribution in [0.15, 0.2) is 35.7 Å². The predicted molar refractivity (Wildman–Crippen MR) is 91.9 cm³/mol. The van der Waals surface area contributed by atoms with Crippen molar-refractivity contribution in [1.82, 2.24) is 20.3 Å². The molecule has 1 fully saturated rings. The summed E-state index contributed by atoms with van der Waals surface area (Å²) in [5.41, 5.74) is 2.09. The topological polar surface area (TPSA) is 71.1 Å². The fraction of sp³-hybridized carbons (Fsp3) is 0.353. The number of aromatic amines is 1. The van der Waals surface area contributed by atoms with E-state index in [2.05, 4.69) is 21.5 Å². The van der Waals surface area contributed by atoms with Crippen LogP contribution in [0.3, 0.4) is 0 Å². The molecule has 124 valence electrons. The highest BCUT2D eigenvalue weighted by Gasteiger charge is 2.24. The largest absolute Gasteiger partial charge is 0.376 e. The normalized spacial score (nSPS) is 17.4. The molecule has 6 nitrogen and oxygen atoms in total. The number of amides is 1. The molecule has 3 heterocycles. The first-order valence-electron chi connectivity index (χ1n) is 8.03. The van der Waals surface area contributed by atoms with E-state index in [1.54, 1.807) is 17.4 Å². The molecule has 4 rings (SSSR count).